The van der Waals surface area contributed by atoms with Gasteiger partial charge in [0.2, 0.25) is 0 Å². The number of rotatable bonds is 4. The molecule has 0 saturated carbocycles. The maximum atomic E-state index is 11.9. The van der Waals surface area contributed by atoms with Crippen molar-refractivity contribution in [3.8, 4) is 5.75 Å². The summed E-state index contributed by atoms with van der Waals surface area (Å²) in [4.78, 5) is 10.8. The van der Waals surface area contributed by atoms with Crippen molar-refractivity contribution in [1.29, 1.82) is 0 Å². The summed E-state index contributed by atoms with van der Waals surface area (Å²) >= 11 is 0. The second-order valence-electron chi connectivity index (χ2n) is 3.27. The van der Waals surface area contributed by atoms with Crippen LogP contribution in [0.2, 0.25) is 0 Å². The fraction of sp³-hybridized carbons (Fsp3) is 0.300. The number of nitrogen functional groups attached to an aromatic ring is 1. The lowest BCUT2D eigenvalue weighted by Crippen LogP contribution is -2.14. The first kappa shape index (κ1) is 13.1. The Hall–Kier alpha value is -1.92. The van der Waals surface area contributed by atoms with Crippen molar-refractivity contribution in [3.63, 3.8) is 0 Å². The van der Waals surface area contributed by atoms with Gasteiger partial charge in [0.15, 0.2) is 0 Å². The number of alkyl halides is 3. The lowest BCUT2D eigenvalue weighted by molar-refractivity contribution is -0.139. The summed E-state index contributed by atoms with van der Waals surface area (Å²) in [5.74, 6) is -1.43. The Morgan fingerprint density at radius 1 is 1.41 bits per heavy atom. The Bertz CT molecular complexity index is 418. The molecule has 0 bridgehead atoms. The lowest BCUT2D eigenvalue weighted by atomic mass is 10.2. The topological polar surface area (TPSA) is 72.5 Å². The number of anilines is 1. The van der Waals surface area contributed by atoms with Crippen LogP contribution in [0.3, 0.4) is 0 Å². The van der Waals surface area contributed by atoms with Crippen LogP contribution < -0.4 is 10.5 Å². The van der Waals surface area contributed by atoms with Crippen LogP contribution in [0.25, 0.3) is 0 Å². The molecular formula is C10H10F3NO3. The second-order valence-corrected chi connectivity index (χ2v) is 3.27. The molecule has 0 aliphatic rings. The molecule has 0 saturated heterocycles. The normalized spacial score (nSPS) is 11.2. The Labute approximate surface area is 94.8 Å². The second kappa shape index (κ2) is 4.94. The molecular weight excluding hydrogens is 239 g/mol. The largest absolute Gasteiger partial charge is 0.492 e. The molecule has 0 heterocycles. The summed E-state index contributed by atoms with van der Waals surface area (Å²) in [6, 6.07) is 3.72. The van der Waals surface area contributed by atoms with Gasteiger partial charge in [-0.1, -0.05) is 0 Å². The van der Waals surface area contributed by atoms with Crippen LogP contribution in [0.4, 0.5) is 18.9 Å². The Balaban J connectivity index is 2.74. The van der Waals surface area contributed by atoms with Crippen LogP contribution in [0, 0.1) is 0 Å². The van der Waals surface area contributed by atoms with E-state index in [9.17, 15) is 18.0 Å². The molecule has 0 aromatic heterocycles. The molecule has 1 aromatic carbocycles. The zero-order valence-electron chi connectivity index (χ0n) is 8.62. The van der Waals surface area contributed by atoms with Gasteiger partial charge in [-0.3, -0.25) is 0 Å². The van der Waals surface area contributed by atoms with Crippen LogP contribution in [0.15, 0.2) is 18.2 Å². The molecule has 1 rings (SSSR count). The van der Waals surface area contributed by atoms with Gasteiger partial charge in [0.25, 0.3) is 0 Å². The number of carboxylic acids is 1. The number of aromatic carboxylic acids is 1. The molecule has 0 atom stereocenters. The van der Waals surface area contributed by atoms with Gasteiger partial charge in [0.1, 0.15) is 11.3 Å². The van der Waals surface area contributed by atoms with Crippen LogP contribution in [-0.2, 0) is 0 Å². The Morgan fingerprint density at radius 2 is 2.06 bits per heavy atom. The van der Waals surface area contributed by atoms with Crippen LogP contribution in [-0.4, -0.2) is 23.9 Å². The zero-order valence-corrected chi connectivity index (χ0v) is 8.62. The number of carboxylic acid groups (broad SMARTS) is 1. The van der Waals surface area contributed by atoms with Crippen LogP contribution in [0.5, 0.6) is 5.75 Å². The number of halogens is 3. The van der Waals surface area contributed by atoms with Crippen molar-refractivity contribution in [3.05, 3.63) is 23.8 Å². The predicted octanol–water partition coefficient (Wildman–Crippen LogP) is 2.30. The summed E-state index contributed by atoms with van der Waals surface area (Å²) in [6.45, 7) is -0.631. The third kappa shape index (κ3) is 4.21. The zero-order chi connectivity index (χ0) is 13.1. The summed E-state index contributed by atoms with van der Waals surface area (Å²) < 4.78 is 40.4. The van der Waals surface area contributed by atoms with Crippen molar-refractivity contribution in [2.45, 2.75) is 12.6 Å². The minimum atomic E-state index is -4.34. The van der Waals surface area contributed by atoms with Crippen molar-refractivity contribution in [2.24, 2.45) is 0 Å². The fourth-order valence-electron chi connectivity index (χ4n) is 1.12. The fourth-order valence-corrected chi connectivity index (χ4v) is 1.12. The summed E-state index contributed by atoms with van der Waals surface area (Å²) in [5, 5.41) is 8.79. The van der Waals surface area contributed by atoms with E-state index in [1.165, 1.54) is 12.1 Å². The molecule has 0 amide bonds. The van der Waals surface area contributed by atoms with E-state index in [2.05, 4.69) is 0 Å². The predicted molar refractivity (Wildman–Crippen MR) is 54.0 cm³/mol. The van der Waals surface area contributed by atoms with Gasteiger partial charge < -0.3 is 15.6 Å². The lowest BCUT2D eigenvalue weighted by Gasteiger charge is -2.11. The van der Waals surface area contributed by atoms with Gasteiger partial charge in [-0.25, -0.2) is 4.79 Å². The van der Waals surface area contributed by atoms with Gasteiger partial charge in [-0.2, -0.15) is 13.2 Å². The van der Waals surface area contributed by atoms with E-state index in [4.69, 9.17) is 15.6 Å². The summed E-state index contributed by atoms with van der Waals surface area (Å²) in [7, 11) is 0. The molecule has 0 aliphatic heterocycles. The van der Waals surface area contributed by atoms with Crippen LogP contribution >= 0.6 is 0 Å². The molecule has 17 heavy (non-hydrogen) atoms. The number of carbonyl (C=O) groups is 1. The molecule has 1 aromatic rings. The molecule has 0 spiro atoms. The average molecular weight is 249 g/mol. The summed E-state index contributed by atoms with van der Waals surface area (Å²) in [5.41, 5.74) is 5.31. The van der Waals surface area contributed by atoms with Gasteiger partial charge >= 0.3 is 12.1 Å². The van der Waals surface area contributed by atoms with Gasteiger partial charge in [0.05, 0.1) is 13.0 Å². The number of benzene rings is 1. The highest BCUT2D eigenvalue weighted by atomic mass is 19.4. The van der Waals surface area contributed by atoms with Gasteiger partial charge in [-0.15, -0.1) is 0 Å². The Morgan fingerprint density at radius 3 is 2.59 bits per heavy atom. The highest BCUT2D eigenvalue weighted by Crippen LogP contribution is 2.24. The molecule has 0 fully saturated rings. The molecule has 3 N–H and O–H groups in total. The average Bonchev–Trinajstić information content (AvgIpc) is 2.18. The Kier molecular flexibility index (Phi) is 3.82. The van der Waals surface area contributed by atoms with Crippen molar-refractivity contribution >= 4 is 11.7 Å². The van der Waals surface area contributed by atoms with Gasteiger partial charge in [0, 0.05) is 5.69 Å². The van der Waals surface area contributed by atoms with Crippen molar-refractivity contribution < 1.29 is 27.8 Å². The maximum absolute atomic E-state index is 11.9. The number of ether oxygens (including phenoxy) is 1. The molecule has 4 nitrogen and oxygen atoms in total. The first-order valence-corrected chi connectivity index (χ1v) is 4.62. The molecule has 94 valence electrons. The molecule has 0 aliphatic carbocycles. The monoisotopic (exact) mass is 249 g/mol. The highest BCUT2D eigenvalue weighted by Gasteiger charge is 2.27. The maximum Gasteiger partial charge on any atom is 0.392 e. The van der Waals surface area contributed by atoms with E-state index in [1.807, 2.05) is 0 Å². The van der Waals surface area contributed by atoms with E-state index in [-0.39, 0.29) is 17.0 Å². The highest BCUT2D eigenvalue weighted by molar-refractivity contribution is 5.92. The third-order valence-electron chi connectivity index (χ3n) is 1.88. The minimum Gasteiger partial charge on any atom is -0.492 e. The first-order chi connectivity index (χ1) is 7.79. The first-order valence-electron chi connectivity index (χ1n) is 4.62. The minimum absolute atomic E-state index is 0.129. The standard InChI is InChI=1S/C10H10F3NO3/c11-10(12,13)3-4-17-8-2-1-6(14)5-7(8)9(15)16/h1-2,5H,3-4,14H2,(H,15,16). The molecule has 0 unspecified atom stereocenters. The van der Waals surface area contributed by atoms with Crippen molar-refractivity contribution in [2.75, 3.05) is 12.3 Å². The van der Waals surface area contributed by atoms with E-state index in [0.29, 0.717) is 0 Å². The summed E-state index contributed by atoms with van der Waals surface area (Å²) in [6.07, 6.45) is -5.48. The van der Waals surface area contributed by atoms with Crippen molar-refractivity contribution in [1.82, 2.24) is 0 Å². The van der Waals surface area contributed by atoms with Gasteiger partial charge in [-0.05, 0) is 18.2 Å². The quantitative estimate of drug-likeness (QED) is 0.803. The number of nitrogens with two attached hydrogens (primary N) is 1. The van der Waals surface area contributed by atoms with E-state index >= 15 is 0 Å². The number of hydrogen-bond acceptors (Lipinski definition) is 3. The SMILES string of the molecule is Nc1ccc(OCCC(F)(F)F)c(C(=O)O)c1. The van der Waals surface area contributed by atoms with Crippen LogP contribution in [0.1, 0.15) is 16.8 Å². The van der Waals surface area contributed by atoms with E-state index < -0.39 is 25.2 Å². The smallest absolute Gasteiger partial charge is 0.392 e. The van der Waals surface area contributed by atoms with E-state index in [1.54, 1.807) is 0 Å². The molecule has 7 heteroatoms. The van der Waals surface area contributed by atoms with E-state index in [0.717, 1.165) is 6.07 Å². The number of hydrogen-bond donors (Lipinski definition) is 2. The molecule has 0 radical (unpaired) electrons. The third-order valence-corrected chi connectivity index (χ3v) is 1.88.